The number of hydrogen-bond donors (Lipinski definition) is 1. The minimum absolute atomic E-state index is 0.0912. The number of hydrogen-bond acceptors (Lipinski definition) is 3. The van der Waals surface area contributed by atoms with Gasteiger partial charge in [0.25, 0.3) is 5.91 Å². The lowest BCUT2D eigenvalue weighted by atomic mass is 10.2. The van der Waals surface area contributed by atoms with Crippen molar-refractivity contribution in [3.8, 4) is 0 Å². The van der Waals surface area contributed by atoms with E-state index in [9.17, 15) is 4.79 Å². The zero-order valence-corrected chi connectivity index (χ0v) is 8.83. The number of amides is 1. The Kier molecular flexibility index (Phi) is 3.19. The van der Waals surface area contributed by atoms with Gasteiger partial charge in [0.1, 0.15) is 0 Å². The second-order valence-corrected chi connectivity index (χ2v) is 4.02. The van der Waals surface area contributed by atoms with Crippen molar-refractivity contribution in [3.05, 3.63) is 47.1 Å². The maximum Gasteiger partial charge on any atom is 0.256 e. The number of aliphatic imine (C=N–C) groups is 1. The molecular weight excluding hydrogens is 208 g/mol. The smallest absolute Gasteiger partial charge is 0.256 e. The van der Waals surface area contributed by atoms with E-state index in [2.05, 4.69) is 10.3 Å². The molecule has 3 nitrogen and oxygen atoms in total. The van der Waals surface area contributed by atoms with Gasteiger partial charge in [0, 0.05) is 17.5 Å². The van der Waals surface area contributed by atoms with Crippen LogP contribution in [0.2, 0.25) is 0 Å². The molecule has 1 aliphatic rings. The molecule has 0 saturated carbocycles. The largest absolute Gasteiger partial charge is 0.315 e. The molecule has 0 aliphatic carbocycles. The Morgan fingerprint density at radius 1 is 1.33 bits per heavy atom. The molecule has 0 atom stereocenters. The number of thioether (sulfide) groups is 1. The van der Waals surface area contributed by atoms with Crippen molar-refractivity contribution in [1.29, 1.82) is 0 Å². The first-order valence-corrected chi connectivity index (χ1v) is 5.56. The summed E-state index contributed by atoms with van der Waals surface area (Å²) in [5.74, 6) is 0.715. The lowest BCUT2D eigenvalue weighted by Crippen LogP contribution is -2.22. The van der Waals surface area contributed by atoms with Gasteiger partial charge in [-0.15, -0.1) is 11.8 Å². The molecule has 0 radical (unpaired) electrons. The Morgan fingerprint density at radius 3 is 2.80 bits per heavy atom. The van der Waals surface area contributed by atoms with E-state index in [4.69, 9.17) is 0 Å². The van der Waals surface area contributed by atoms with Crippen LogP contribution in [0, 0.1) is 0 Å². The van der Waals surface area contributed by atoms with Crippen LogP contribution in [-0.4, -0.2) is 17.9 Å². The van der Waals surface area contributed by atoms with Gasteiger partial charge < -0.3 is 5.32 Å². The Hall–Kier alpha value is -1.55. The number of rotatable bonds is 2. The Bertz CT molecular complexity index is 412. The van der Waals surface area contributed by atoms with Crippen LogP contribution in [0.25, 0.3) is 0 Å². The SMILES string of the molecule is O=C(NC1=CN=CCS1)c1ccccc1. The first-order valence-electron chi connectivity index (χ1n) is 4.57. The molecule has 1 aromatic carbocycles. The second-order valence-electron chi connectivity index (χ2n) is 2.96. The van der Waals surface area contributed by atoms with Gasteiger partial charge in [0.2, 0.25) is 0 Å². The van der Waals surface area contributed by atoms with Gasteiger partial charge >= 0.3 is 0 Å². The van der Waals surface area contributed by atoms with Crippen LogP contribution >= 0.6 is 11.8 Å². The molecule has 76 valence electrons. The summed E-state index contributed by atoms with van der Waals surface area (Å²) in [5, 5.41) is 3.60. The minimum Gasteiger partial charge on any atom is -0.315 e. The molecule has 2 rings (SSSR count). The van der Waals surface area contributed by atoms with Crippen LogP contribution < -0.4 is 5.32 Å². The van der Waals surface area contributed by atoms with Gasteiger partial charge in [-0.2, -0.15) is 0 Å². The first-order chi connectivity index (χ1) is 7.36. The lowest BCUT2D eigenvalue weighted by Gasteiger charge is -2.09. The van der Waals surface area contributed by atoms with E-state index in [1.54, 1.807) is 30.1 Å². The number of nitrogens with one attached hydrogen (secondary N) is 1. The maximum absolute atomic E-state index is 11.7. The molecule has 0 bridgehead atoms. The summed E-state index contributed by atoms with van der Waals surface area (Å²) in [6.07, 6.45) is 3.47. The van der Waals surface area contributed by atoms with Gasteiger partial charge in [-0.05, 0) is 12.1 Å². The molecule has 1 N–H and O–H groups in total. The third-order valence-electron chi connectivity index (χ3n) is 1.88. The molecule has 0 spiro atoms. The summed E-state index contributed by atoms with van der Waals surface area (Å²) < 4.78 is 0. The van der Waals surface area contributed by atoms with E-state index in [0.717, 1.165) is 10.8 Å². The summed E-state index contributed by atoms with van der Waals surface area (Å²) in [4.78, 5) is 15.7. The third kappa shape index (κ3) is 2.70. The van der Waals surface area contributed by atoms with Gasteiger partial charge in [-0.1, -0.05) is 18.2 Å². The molecule has 0 aromatic heterocycles. The predicted octanol–water partition coefficient (Wildman–Crippen LogP) is 2.03. The fraction of sp³-hybridized carbons (Fsp3) is 0.0909. The van der Waals surface area contributed by atoms with Crippen molar-refractivity contribution in [2.45, 2.75) is 0 Å². The number of nitrogens with zero attached hydrogens (tertiary/aromatic N) is 1. The van der Waals surface area contributed by atoms with E-state index in [1.165, 1.54) is 0 Å². The van der Waals surface area contributed by atoms with Crippen molar-refractivity contribution in [2.75, 3.05) is 5.75 Å². The number of benzene rings is 1. The third-order valence-corrected chi connectivity index (χ3v) is 2.72. The van der Waals surface area contributed by atoms with Crippen LogP contribution in [0.15, 0.2) is 46.6 Å². The molecular formula is C11H10N2OS. The molecule has 15 heavy (non-hydrogen) atoms. The summed E-state index contributed by atoms with van der Waals surface area (Å²) in [7, 11) is 0. The average Bonchev–Trinajstić information content (AvgIpc) is 2.31. The zero-order valence-electron chi connectivity index (χ0n) is 8.01. The van der Waals surface area contributed by atoms with Crippen LogP contribution in [0.1, 0.15) is 10.4 Å². The Labute approximate surface area is 92.3 Å². The predicted molar refractivity (Wildman–Crippen MR) is 62.9 cm³/mol. The maximum atomic E-state index is 11.7. The average molecular weight is 218 g/mol. The Morgan fingerprint density at radius 2 is 2.13 bits per heavy atom. The van der Waals surface area contributed by atoms with E-state index in [1.807, 2.05) is 24.4 Å². The highest BCUT2D eigenvalue weighted by atomic mass is 32.2. The van der Waals surface area contributed by atoms with E-state index >= 15 is 0 Å². The molecule has 0 unspecified atom stereocenters. The Balaban J connectivity index is 2.04. The fourth-order valence-electron chi connectivity index (χ4n) is 1.17. The fourth-order valence-corrected chi connectivity index (χ4v) is 1.81. The summed E-state index contributed by atoms with van der Waals surface area (Å²) in [6, 6.07) is 9.14. The highest BCUT2D eigenvalue weighted by Gasteiger charge is 2.08. The number of carbonyl (C=O) groups excluding carboxylic acids is 1. The van der Waals surface area contributed by atoms with E-state index in [0.29, 0.717) is 5.56 Å². The quantitative estimate of drug-likeness (QED) is 0.825. The molecule has 1 heterocycles. The molecule has 0 saturated heterocycles. The van der Waals surface area contributed by atoms with Crippen LogP contribution in [-0.2, 0) is 0 Å². The monoisotopic (exact) mass is 218 g/mol. The van der Waals surface area contributed by atoms with Crippen LogP contribution in [0.5, 0.6) is 0 Å². The van der Waals surface area contributed by atoms with Gasteiger partial charge in [0.05, 0.1) is 11.2 Å². The standard InChI is InChI=1S/C11H10N2OS/c14-11(9-4-2-1-3-5-9)13-10-8-12-6-7-15-10/h1-6,8H,7H2,(H,13,14). The van der Waals surface area contributed by atoms with Gasteiger partial charge in [-0.3, -0.25) is 9.79 Å². The van der Waals surface area contributed by atoms with Crippen LogP contribution in [0.4, 0.5) is 0 Å². The van der Waals surface area contributed by atoms with Crippen molar-refractivity contribution >= 4 is 23.9 Å². The number of carbonyl (C=O) groups is 1. The molecule has 0 fully saturated rings. The highest BCUT2D eigenvalue weighted by molar-refractivity contribution is 8.03. The lowest BCUT2D eigenvalue weighted by molar-refractivity contribution is 0.0968. The van der Waals surface area contributed by atoms with Crippen LogP contribution in [0.3, 0.4) is 0 Å². The topological polar surface area (TPSA) is 41.5 Å². The van der Waals surface area contributed by atoms with Crippen molar-refractivity contribution in [2.24, 2.45) is 4.99 Å². The zero-order chi connectivity index (χ0) is 10.5. The molecule has 1 aromatic rings. The summed E-state index contributed by atoms with van der Waals surface area (Å²) >= 11 is 1.57. The van der Waals surface area contributed by atoms with Gasteiger partial charge in [0.15, 0.2) is 0 Å². The summed E-state index contributed by atoms with van der Waals surface area (Å²) in [5.41, 5.74) is 0.661. The highest BCUT2D eigenvalue weighted by Crippen LogP contribution is 2.15. The van der Waals surface area contributed by atoms with E-state index in [-0.39, 0.29) is 5.91 Å². The van der Waals surface area contributed by atoms with Crippen molar-refractivity contribution < 1.29 is 4.79 Å². The first kappa shape index (κ1) is 9.98. The normalized spacial score (nSPS) is 14.5. The molecule has 1 aliphatic heterocycles. The van der Waals surface area contributed by atoms with Crippen molar-refractivity contribution in [3.63, 3.8) is 0 Å². The van der Waals surface area contributed by atoms with Crippen molar-refractivity contribution in [1.82, 2.24) is 5.32 Å². The van der Waals surface area contributed by atoms with Gasteiger partial charge in [-0.25, -0.2) is 0 Å². The molecule has 4 heteroatoms. The summed E-state index contributed by atoms with van der Waals surface area (Å²) in [6.45, 7) is 0. The van der Waals surface area contributed by atoms with E-state index < -0.39 is 0 Å². The minimum atomic E-state index is -0.0912. The molecule has 1 amide bonds. The second kappa shape index (κ2) is 4.79.